The lowest BCUT2D eigenvalue weighted by Crippen LogP contribution is -2.32. The molecule has 1 aromatic heterocycles. The molecule has 0 unspecified atom stereocenters. The van der Waals surface area contributed by atoms with Crippen LogP contribution in [-0.4, -0.2) is 29.1 Å². The number of aromatic nitrogens is 2. The maximum Gasteiger partial charge on any atom is 0.0922 e. The van der Waals surface area contributed by atoms with E-state index in [0.717, 1.165) is 25.3 Å². The van der Waals surface area contributed by atoms with Crippen molar-refractivity contribution in [3.63, 3.8) is 0 Å². The molecule has 5 heteroatoms. The highest BCUT2D eigenvalue weighted by Gasteiger charge is 2.12. The molecule has 0 radical (unpaired) electrons. The maximum atomic E-state index is 3.94. The Morgan fingerprint density at radius 3 is 3.00 bits per heavy atom. The molecule has 0 amide bonds. The van der Waals surface area contributed by atoms with Crippen LogP contribution in [0.4, 0.5) is 0 Å². The van der Waals surface area contributed by atoms with E-state index >= 15 is 0 Å². The van der Waals surface area contributed by atoms with E-state index in [9.17, 15) is 0 Å². The molecular weight excluding hydrogens is 154 g/mol. The Hall–Kier alpha value is -0.910. The molecule has 1 aliphatic rings. The third-order valence-electron chi connectivity index (χ3n) is 1.96. The zero-order valence-corrected chi connectivity index (χ0v) is 6.80. The van der Waals surface area contributed by atoms with Crippen molar-refractivity contribution >= 4 is 0 Å². The summed E-state index contributed by atoms with van der Waals surface area (Å²) in [5.41, 5.74) is 7.25. The largest absolute Gasteiger partial charge is 0.347 e. The first-order valence-electron chi connectivity index (χ1n) is 4.11. The molecule has 1 aliphatic heterocycles. The Bertz CT molecular complexity index is 214. The first kappa shape index (κ1) is 7.72. The van der Waals surface area contributed by atoms with E-state index in [1.54, 1.807) is 6.33 Å². The van der Waals surface area contributed by atoms with E-state index in [0.29, 0.717) is 6.04 Å². The van der Waals surface area contributed by atoms with E-state index in [1.165, 1.54) is 0 Å². The van der Waals surface area contributed by atoms with Gasteiger partial charge in [-0.3, -0.25) is 10.9 Å². The summed E-state index contributed by atoms with van der Waals surface area (Å²) < 4.78 is 0. The third-order valence-corrected chi connectivity index (χ3v) is 1.96. The first-order valence-corrected chi connectivity index (χ1v) is 4.11. The van der Waals surface area contributed by atoms with Gasteiger partial charge in [-0.1, -0.05) is 0 Å². The van der Waals surface area contributed by atoms with Gasteiger partial charge in [0.25, 0.3) is 0 Å². The van der Waals surface area contributed by atoms with Gasteiger partial charge in [0.15, 0.2) is 0 Å². The quantitative estimate of drug-likeness (QED) is 0.465. The highest BCUT2D eigenvalue weighted by molar-refractivity contribution is 4.94. The van der Waals surface area contributed by atoms with Gasteiger partial charge >= 0.3 is 0 Å². The number of nitrogens with zero attached hydrogens (tertiary/aromatic N) is 1. The van der Waals surface area contributed by atoms with Crippen LogP contribution in [0.25, 0.3) is 0 Å². The van der Waals surface area contributed by atoms with Crippen molar-refractivity contribution in [3.8, 4) is 0 Å². The standard InChI is InChI=1S/C7H13N5/c1-6(10-5-8-1)2-9-7-3-11-12-4-7/h1,5,7,9,11-12H,2-4H2,(H,8,10). The molecule has 4 N–H and O–H groups in total. The monoisotopic (exact) mass is 167 g/mol. The van der Waals surface area contributed by atoms with Crippen LogP contribution in [0.2, 0.25) is 0 Å². The summed E-state index contributed by atoms with van der Waals surface area (Å²) in [6.07, 6.45) is 3.53. The zero-order chi connectivity index (χ0) is 8.23. The zero-order valence-electron chi connectivity index (χ0n) is 6.80. The Kier molecular flexibility index (Phi) is 2.36. The summed E-state index contributed by atoms with van der Waals surface area (Å²) in [5.74, 6) is 0. The van der Waals surface area contributed by atoms with Crippen LogP contribution >= 0.6 is 0 Å². The van der Waals surface area contributed by atoms with Crippen LogP contribution in [-0.2, 0) is 6.54 Å². The number of hydrogen-bond acceptors (Lipinski definition) is 4. The molecule has 0 bridgehead atoms. The molecular formula is C7H13N5. The molecule has 0 aliphatic carbocycles. The smallest absolute Gasteiger partial charge is 0.0922 e. The summed E-state index contributed by atoms with van der Waals surface area (Å²) in [6, 6.07) is 0.522. The average molecular weight is 167 g/mol. The molecule has 12 heavy (non-hydrogen) atoms. The summed E-state index contributed by atoms with van der Waals surface area (Å²) in [7, 11) is 0. The summed E-state index contributed by atoms with van der Waals surface area (Å²) >= 11 is 0. The number of hydrazine groups is 1. The summed E-state index contributed by atoms with van der Waals surface area (Å²) in [5, 5.41) is 3.39. The van der Waals surface area contributed by atoms with Gasteiger partial charge in [-0.15, -0.1) is 0 Å². The number of hydrogen-bond donors (Lipinski definition) is 4. The van der Waals surface area contributed by atoms with Gasteiger partial charge in [0.2, 0.25) is 0 Å². The average Bonchev–Trinajstić information content (AvgIpc) is 2.74. The van der Waals surface area contributed by atoms with Crippen molar-refractivity contribution in [1.82, 2.24) is 26.1 Å². The fraction of sp³-hybridized carbons (Fsp3) is 0.571. The van der Waals surface area contributed by atoms with Crippen molar-refractivity contribution in [3.05, 3.63) is 18.2 Å². The minimum atomic E-state index is 0.522. The molecule has 0 atom stereocenters. The van der Waals surface area contributed by atoms with Crippen LogP contribution in [0.5, 0.6) is 0 Å². The molecule has 5 nitrogen and oxygen atoms in total. The van der Waals surface area contributed by atoms with Gasteiger partial charge < -0.3 is 10.3 Å². The minimum absolute atomic E-state index is 0.522. The molecule has 2 rings (SSSR count). The number of H-pyrrole nitrogens is 1. The van der Waals surface area contributed by atoms with Crippen LogP contribution < -0.4 is 16.2 Å². The van der Waals surface area contributed by atoms with Crippen LogP contribution in [0.15, 0.2) is 12.5 Å². The maximum absolute atomic E-state index is 3.94. The lowest BCUT2D eigenvalue weighted by atomic mass is 10.3. The number of imidazole rings is 1. The van der Waals surface area contributed by atoms with Gasteiger partial charge in [-0.25, -0.2) is 4.98 Å². The fourth-order valence-electron chi connectivity index (χ4n) is 1.24. The molecule has 2 heterocycles. The van der Waals surface area contributed by atoms with Crippen molar-refractivity contribution in [2.24, 2.45) is 0 Å². The first-order chi connectivity index (χ1) is 5.95. The molecule has 1 saturated heterocycles. The fourth-order valence-corrected chi connectivity index (χ4v) is 1.24. The van der Waals surface area contributed by atoms with Crippen molar-refractivity contribution < 1.29 is 0 Å². The van der Waals surface area contributed by atoms with Gasteiger partial charge in [-0.05, 0) is 0 Å². The Balaban J connectivity index is 1.74. The number of nitrogens with one attached hydrogen (secondary N) is 4. The highest BCUT2D eigenvalue weighted by Crippen LogP contribution is 1.92. The van der Waals surface area contributed by atoms with Crippen molar-refractivity contribution in [2.45, 2.75) is 12.6 Å². The molecule has 66 valence electrons. The minimum Gasteiger partial charge on any atom is -0.347 e. The number of aromatic amines is 1. The van der Waals surface area contributed by atoms with Gasteiger partial charge in [-0.2, -0.15) is 0 Å². The SMILES string of the molecule is c1ncc(CNC2CNNC2)[nH]1. The Morgan fingerprint density at radius 1 is 1.50 bits per heavy atom. The van der Waals surface area contributed by atoms with E-state index in [-0.39, 0.29) is 0 Å². The van der Waals surface area contributed by atoms with E-state index < -0.39 is 0 Å². The number of rotatable bonds is 3. The summed E-state index contributed by atoms with van der Waals surface area (Å²) in [4.78, 5) is 6.99. The third kappa shape index (κ3) is 1.82. The Morgan fingerprint density at radius 2 is 2.33 bits per heavy atom. The van der Waals surface area contributed by atoms with E-state index in [1.807, 2.05) is 6.20 Å². The highest BCUT2D eigenvalue weighted by atomic mass is 15.4. The lowest BCUT2D eigenvalue weighted by Gasteiger charge is -2.07. The van der Waals surface area contributed by atoms with E-state index in [4.69, 9.17) is 0 Å². The second-order valence-electron chi connectivity index (χ2n) is 2.92. The lowest BCUT2D eigenvalue weighted by molar-refractivity contribution is 0.561. The predicted molar refractivity (Wildman–Crippen MR) is 45.2 cm³/mol. The van der Waals surface area contributed by atoms with Gasteiger partial charge in [0.1, 0.15) is 0 Å². The van der Waals surface area contributed by atoms with Crippen molar-refractivity contribution in [2.75, 3.05) is 13.1 Å². The van der Waals surface area contributed by atoms with Gasteiger partial charge in [0, 0.05) is 37.6 Å². The molecule has 1 aromatic rings. The van der Waals surface area contributed by atoms with Crippen LogP contribution in [0.3, 0.4) is 0 Å². The normalized spacial score (nSPS) is 18.7. The molecule has 0 saturated carbocycles. The second kappa shape index (κ2) is 3.66. The molecule has 0 aromatic carbocycles. The molecule has 1 fully saturated rings. The summed E-state index contributed by atoms with van der Waals surface area (Å²) in [6.45, 7) is 2.82. The van der Waals surface area contributed by atoms with Crippen molar-refractivity contribution in [1.29, 1.82) is 0 Å². The predicted octanol–water partition coefficient (Wildman–Crippen LogP) is -1.02. The van der Waals surface area contributed by atoms with Crippen LogP contribution in [0.1, 0.15) is 5.69 Å². The van der Waals surface area contributed by atoms with E-state index in [2.05, 4.69) is 26.1 Å². The topological polar surface area (TPSA) is 64.8 Å². The molecule has 0 spiro atoms. The second-order valence-corrected chi connectivity index (χ2v) is 2.92. The Labute approximate surface area is 70.9 Å². The van der Waals surface area contributed by atoms with Crippen LogP contribution in [0, 0.1) is 0 Å². The van der Waals surface area contributed by atoms with Gasteiger partial charge in [0.05, 0.1) is 6.33 Å².